The lowest BCUT2D eigenvalue weighted by Gasteiger charge is -2.59. The third-order valence-corrected chi connectivity index (χ3v) is 46.1. The van der Waals surface area contributed by atoms with Crippen molar-refractivity contribution >= 4 is 123 Å². The average molecular weight is 1070 g/mol. The standard InChI is InChI=1S/C48H44O12Si9/c61-49-63(42-27-11-2-12-28-42)52-66(45-33-17-5-18-34-45)54-64(43-29-13-3-14-30-43)50-62(41-25-9-1-10-26-41)51-65(44-31-15-4-16-32-44)55-67(53-63,46-35-19-6-20-36-46)59-69(58-66,48-39-23-8-24-40-48)60-68(56-64,57-65)47-37-21-7-22-38-47/h1-40,62H,61H3. The molecule has 0 spiro atoms. The van der Waals surface area contributed by atoms with Crippen LogP contribution in [0.4, 0.5) is 0 Å². The molecule has 0 amide bonds. The van der Waals surface area contributed by atoms with E-state index >= 15 is 0 Å². The fourth-order valence-electron chi connectivity index (χ4n) is 8.95. The monoisotopic (exact) mass is 1060 g/mol. The van der Waals surface area contributed by atoms with Crippen molar-refractivity contribution in [2.75, 3.05) is 0 Å². The molecule has 0 N–H and O–H groups in total. The Morgan fingerprint density at radius 3 is 0.754 bits per heavy atom. The van der Waals surface area contributed by atoms with Crippen LogP contribution < -0.4 is 41.5 Å². The molecule has 4 aliphatic rings. The van der Waals surface area contributed by atoms with Gasteiger partial charge in [0.2, 0.25) is 0 Å². The van der Waals surface area contributed by atoms with Crippen molar-refractivity contribution in [1.29, 1.82) is 0 Å². The summed E-state index contributed by atoms with van der Waals surface area (Å²) in [4.78, 5) is 0. The Bertz CT molecular complexity index is 2910. The van der Waals surface area contributed by atoms with Gasteiger partial charge in [-0.05, 0) is 5.19 Å². The van der Waals surface area contributed by atoms with Crippen LogP contribution in [0.2, 0.25) is 0 Å². The summed E-state index contributed by atoms with van der Waals surface area (Å²) in [5, 5.41) is 4.93. The highest BCUT2D eigenvalue weighted by Crippen LogP contribution is 2.44. The third-order valence-electron chi connectivity index (χ3n) is 12.2. The molecule has 6 bridgehead atoms. The van der Waals surface area contributed by atoms with E-state index in [1.165, 1.54) is 0 Å². The molecule has 4 unspecified atom stereocenters. The summed E-state index contributed by atoms with van der Waals surface area (Å²) in [7, 11) is -36.0. The van der Waals surface area contributed by atoms with Gasteiger partial charge in [-0.15, -0.1) is 0 Å². The van der Waals surface area contributed by atoms with E-state index in [4.69, 9.17) is 49.4 Å². The van der Waals surface area contributed by atoms with E-state index < -0.39 is 70.9 Å². The molecule has 0 aromatic heterocycles. The SMILES string of the molecule is [SiH3]O[Si]1(c2ccccc2)O[Si]2(c3ccccc3)O[Si]3(c4ccccc4)O[SiH](c4ccccc4)O[Si]4(c5ccccc5)O[Si](c5ccccc5)(O1)O[Si](c1ccccc1)(O2)O[Si](c1ccccc1)(O3)O4. The molecule has 4 atom stereocenters. The van der Waals surface area contributed by atoms with Crippen LogP contribution >= 0.6 is 0 Å². The zero-order chi connectivity index (χ0) is 46.5. The third kappa shape index (κ3) is 7.99. The Labute approximate surface area is 412 Å². The van der Waals surface area contributed by atoms with Gasteiger partial charge in [-0.2, -0.15) is 0 Å². The van der Waals surface area contributed by atoms with E-state index in [2.05, 4.69) is 0 Å². The Balaban J connectivity index is 1.29. The summed E-state index contributed by atoms with van der Waals surface area (Å²) in [5.74, 6) is 0. The van der Waals surface area contributed by atoms with Crippen molar-refractivity contribution in [2.24, 2.45) is 0 Å². The zero-order valence-electron chi connectivity index (χ0n) is 37.1. The van der Waals surface area contributed by atoms with Crippen LogP contribution in [0.1, 0.15) is 0 Å². The molecule has 4 aliphatic heterocycles. The van der Waals surface area contributed by atoms with Gasteiger partial charge in [-0.25, -0.2) is 0 Å². The van der Waals surface area contributed by atoms with Crippen molar-refractivity contribution in [1.82, 2.24) is 0 Å². The smallest absolute Gasteiger partial charge is 0.422 e. The Kier molecular flexibility index (Phi) is 11.9. The maximum atomic E-state index is 8.16. The molecule has 8 aromatic carbocycles. The van der Waals surface area contributed by atoms with Gasteiger partial charge in [0.15, 0.2) is 0 Å². The average Bonchev–Trinajstić information content (AvgIpc) is 3.40. The fourth-order valence-corrected chi connectivity index (χ4v) is 53.7. The van der Waals surface area contributed by atoms with Gasteiger partial charge in [0.25, 0.3) is 0 Å². The number of hydrogen-bond donors (Lipinski definition) is 0. The Hall–Kier alpha value is -4.77. The number of hydrogen-bond acceptors (Lipinski definition) is 12. The second-order valence-electron chi connectivity index (χ2n) is 16.6. The zero-order valence-corrected chi connectivity index (χ0v) is 47.2. The maximum absolute atomic E-state index is 8.16. The largest absolute Gasteiger partial charge is 0.515 e. The quantitative estimate of drug-likeness (QED) is 0.196. The van der Waals surface area contributed by atoms with Gasteiger partial charge in [0.1, 0.15) is 10.5 Å². The minimum atomic E-state index is -4.77. The first-order chi connectivity index (χ1) is 33.8. The van der Waals surface area contributed by atoms with Crippen LogP contribution in [-0.2, 0) is 49.4 Å². The number of benzene rings is 8. The summed E-state index contributed by atoms with van der Waals surface area (Å²) in [6.07, 6.45) is 0. The lowest BCUT2D eigenvalue weighted by atomic mass is 10.4. The van der Waals surface area contributed by atoms with Crippen LogP contribution in [0.3, 0.4) is 0 Å². The van der Waals surface area contributed by atoms with E-state index in [1.807, 2.05) is 243 Å². The Morgan fingerprint density at radius 1 is 0.261 bits per heavy atom. The molecule has 0 saturated carbocycles. The summed E-state index contributed by atoms with van der Waals surface area (Å²) < 4.78 is 95.9. The van der Waals surface area contributed by atoms with Crippen LogP contribution in [0, 0.1) is 0 Å². The molecule has 0 aliphatic carbocycles. The normalized spacial score (nSPS) is 31.9. The van der Waals surface area contributed by atoms with Crippen molar-refractivity contribution < 1.29 is 49.4 Å². The van der Waals surface area contributed by atoms with Crippen molar-refractivity contribution in [3.63, 3.8) is 0 Å². The lowest BCUT2D eigenvalue weighted by Crippen LogP contribution is -2.92. The first-order valence-electron chi connectivity index (χ1n) is 22.5. The first-order valence-corrected chi connectivity index (χ1v) is 36.9. The molecule has 21 heteroatoms. The van der Waals surface area contributed by atoms with Gasteiger partial charge in [0.05, 0.1) is 0 Å². The van der Waals surface area contributed by atoms with Crippen molar-refractivity contribution in [3.8, 4) is 0 Å². The highest BCUT2D eigenvalue weighted by molar-refractivity contribution is 7.11. The summed E-state index contributed by atoms with van der Waals surface area (Å²) in [5.41, 5.74) is 0. The van der Waals surface area contributed by atoms with Gasteiger partial charge >= 0.3 is 70.9 Å². The molecular formula is C48H44O12Si9. The molecule has 344 valence electrons. The molecular weight excluding hydrogens is 1020 g/mol. The maximum Gasteiger partial charge on any atom is 0.515 e. The number of fused-ring (bicyclic) bond motifs is 4. The van der Waals surface area contributed by atoms with Crippen LogP contribution in [0.15, 0.2) is 243 Å². The molecule has 0 radical (unpaired) electrons. The van der Waals surface area contributed by atoms with Crippen LogP contribution in [0.5, 0.6) is 0 Å². The van der Waals surface area contributed by atoms with E-state index in [0.29, 0.717) is 36.3 Å². The molecule has 12 rings (SSSR count). The van der Waals surface area contributed by atoms with Gasteiger partial charge in [-0.3, -0.25) is 0 Å². The topological polar surface area (TPSA) is 111 Å². The Morgan fingerprint density at radius 2 is 0.478 bits per heavy atom. The predicted molar refractivity (Wildman–Crippen MR) is 279 cm³/mol. The van der Waals surface area contributed by atoms with E-state index in [-0.39, 0.29) is 10.5 Å². The molecule has 4 heterocycles. The molecule has 69 heavy (non-hydrogen) atoms. The minimum Gasteiger partial charge on any atom is -0.422 e. The summed E-state index contributed by atoms with van der Waals surface area (Å²) >= 11 is 0. The van der Waals surface area contributed by atoms with Crippen molar-refractivity contribution in [2.45, 2.75) is 0 Å². The number of rotatable bonds is 9. The van der Waals surface area contributed by atoms with Gasteiger partial charge < -0.3 is 49.4 Å². The lowest BCUT2D eigenvalue weighted by molar-refractivity contribution is 0.0298. The minimum absolute atomic E-state index is 0.141. The van der Waals surface area contributed by atoms with Gasteiger partial charge in [-0.1, -0.05) is 243 Å². The molecule has 12 nitrogen and oxygen atoms in total. The second-order valence-corrected chi connectivity index (χ2v) is 40.6. The fraction of sp³-hybridized carbons (Fsp3) is 0. The summed E-state index contributed by atoms with van der Waals surface area (Å²) in [6, 6.07) is 77.6. The summed E-state index contributed by atoms with van der Waals surface area (Å²) in [6.45, 7) is 0. The van der Waals surface area contributed by atoms with E-state index in [0.717, 1.165) is 5.19 Å². The van der Waals surface area contributed by atoms with Crippen LogP contribution in [-0.4, -0.2) is 81.4 Å². The van der Waals surface area contributed by atoms with Crippen LogP contribution in [0.25, 0.3) is 0 Å². The van der Waals surface area contributed by atoms with E-state index in [1.54, 1.807) is 0 Å². The first kappa shape index (κ1) is 45.4. The molecule has 8 aromatic rings. The van der Waals surface area contributed by atoms with E-state index in [9.17, 15) is 0 Å². The molecule has 4 fully saturated rings. The highest BCUT2D eigenvalue weighted by Gasteiger charge is 2.82. The van der Waals surface area contributed by atoms with Gasteiger partial charge in [0, 0.05) is 36.3 Å². The molecule has 4 saturated heterocycles. The highest BCUT2D eigenvalue weighted by atomic mass is 28.6. The second kappa shape index (κ2) is 18.1. The van der Waals surface area contributed by atoms with Crippen molar-refractivity contribution in [3.05, 3.63) is 243 Å². The predicted octanol–water partition coefficient (Wildman–Crippen LogP) is 1.57.